The molecule has 1 aromatic heterocycles. The fourth-order valence-electron chi connectivity index (χ4n) is 8.00. The van der Waals surface area contributed by atoms with Gasteiger partial charge in [0.05, 0.1) is 16.4 Å². The van der Waals surface area contributed by atoms with Gasteiger partial charge in [-0.25, -0.2) is 0 Å². The first kappa shape index (κ1) is 32.8. The molecule has 0 radical (unpaired) electrons. The lowest BCUT2D eigenvalue weighted by Crippen LogP contribution is -2.15. The van der Waals surface area contributed by atoms with Gasteiger partial charge < -0.3 is 14.2 Å². The molecule has 10 aromatic rings. The first-order valence-electron chi connectivity index (χ1n) is 18.5. The second-order valence-corrected chi connectivity index (χ2v) is 14.4. The van der Waals surface area contributed by atoms with E-state index in [4.69, 9.17) is 16.0 Å². The number of benzene rings is 9. The van der Waals surface area contributed by atoms with Crippen LogP contribution in [0.3, 0.4) is 0 Å². The van der Waals surface area contributed by atoms with Crippen molar-refractivity contribution in [1.82, 2.24) is 0 Å². The second kappa shape index (κ2) is 13.6. The van der Waals surface area contributed by atoms with Crippen molar-refractivity contribution >= 4 is 89.2 Å². The highest BCUT2D eigenvalue weighted by Gasteiger charge is 2.24. The number of aryl methyl sites for hydroxylation is 1. The molecule has 0 atom stereocenters. The maximum Gasteiger partial charge on any atom is 0.137 e. The zero-order chi connectivity index (χ0) is 36.9. The van der Waals surface area contributed by atoms with Crippen LogP contribution in [0.25, 0.3) is 54.6 Å². The molecule has 0 unspecified atom stereocenters. The molecule has 0 aliphatic rings. The lowest BCUT2D eigenvalue weighted by molar-refractivity contribution is 0.669. The van der Waals surface area contributed by atoms with Crippen molar-refractivity contribution in [1.29, 1.82) is 0 Å². The molecule has 0 aliphatic carbocycles. The quantitative estimate of drug-likeness (QED) is 0.152. The van der Waals surface area contributed by atoms with Crippen LogP contribution >= 0.6 is 11.6 Å². The van der Waals surface area contributed by atoms with Crippen LogP contribution in [0.5, 0.6) is 0 Å². The molecule has 0 spiro atoms. The van der Waals surface area contributed by atoms with Crippen LogP contribution in [0.2, 0.25) is 5.02 Å². The summed E-state index contributed by atoms with van der Waals surface area (Å²) in [5, 5.41) is 7.77. The Bertz CT molecular complexity index is 2970. The molecule has 0 N–H and O–H groups in total. The van der Waals surface area contributed by atoms with Crippen LogP contribution < -0.4 is 9.80 Å². The standard InChI is InChI=1S/C51H35ClN2O/c1-34-30-47(53(37-15-4-2-5-16-37)38-17-6-3-7-18-38)51(52)48(31-34)54(40-28-29-45-44-22-12-13-23-49(44)55-50(45)33-40)39-26-24-35(25-27-39)46-32-36-14-8-9-19-41(36)42-20-10-11-21-43(42)46/h2-33H,1H3. The Morgan fingerprint density at radius 1 is 0.400 bits per heavy atom. The molecule has 0 aliphatic heterocycles. The van der Waals surface area contributed by atoms with Crippen LogP contribution in [0, 0.1) is 6.92 Å². The highest BCUT2D eigenvalue weighted by molar-refractivity contribution is 6.36. The summed E-state index contributed by atoms with van der Waals surface area (Å²) in [6.07, 6.45) is 0. The van der Waals surface area contributed by atoms with E-state index >= 15 is 0 Å². The summed E-state index contributed by atoms with van der Waals surface area (Å²) >= 11 is 7.69. The minimum Gasteiger partial charge on any atom is -0.456 e. The summed E-state index contributed by atoms with van der Waals surface area (Å²) in [4.78, 5) is 4.48. The Hall–Kier alpha value is -6.81. The largest absolute Gasteiger partial charge is 0.456 e. The molecule has 55 heavy (non-hydrogen) atoms. The van der Waals surface area contributed by atoms with Gasteiger partial charge in [-0.1, -0.05) is 127 Å². The van der Waals surface area contributed by atoms with Gasteiger partial charge in [-0.2, -0.15) is 0 Å². The molecule has 0 saturated carbocycles. The summed E-state index contributed by atoms with van der Waals surface area (Å²) in [6, 6.07) is 68.3. The van der Waals surface area contributed by atoms with Crippen molar-refractivity contribution in [2.45, 2.75) is 6.92 Å². The normalized spacial score (nSPS) is 11.5. The van der Waals surface area contributed by atoms with Gasteiger partial charge in [0.25, 0.3) is 0 Å². The summed E-state index contributed by atoms with van der Waals surface area (Å²) in [5.41, 5.74) is 10.9. The van der Waals surface area contributed by atoms with Gasteiger partial charge in [-0.05, 0) is 118 Å². The Morgan fingerprint density at radius 2 is 0.909 bits per heavy atom. The van der Waals surface area contributed by atoms with Crippen molar-refractivity contribution in [3.05, 3.63) is 205 Å². The van der Waals surface area contributed by atoms with Gasteiger partial charge in [0.2, 0.25) is 0 Å². The van der Waals surface area contributed by atoms with Gasteiger partial charge in [0, 0.05) is 39.6 Å². The average Bonchev–Trinajstić information content (AvgIpc) is 3.61. The summed E-state index contributed by atoms with van der Waals surface area (Å²) in [6.45, 7) is 2.13. The molecule has 9 aromatic carbocycles. The number of hydrogen-bond acceptors (Lipinski definition) is 3. The van der Waals surface area contributed by atoms with E-state index < -0.39 is 0 Å². The van der Waals surface area contributed by atoms with Gasteiger partial charge in [0.15, 0.2) is 0 Å². The Labute approximate surface area is 324 Å². The van der Waals surface area contributed by atoms with Crippen LogP contribution in [-0.2, 0) is 0 Å². The van der Waals surface area contributed by atoms with E-state index in [-0.39, 0.29) is 0 Å². The summed E-state index contributed by atoms with van der Waals surface area (Å²) in [5.74, 6) is 0. The lowest BCUT2D eigenvalue weighted by atomic mass is 9.93. The molecule has 0 amide bonds. The number of rotatable bonds is 7. The molecule has 262 valence electrons. The first-order chi connectivity index (χ1) is 27.1. The molecular formula is C51H35ClN2O. The van der Waals surface area contributed by atoms with Crippen molar-refractivity contribution in [3.8, 4) is 11.1 Å². The van der Waals surface area contributed by atoms with Gasteiger partial charge in [-0.3, -0.25) is 0 Å². The number of para-hydroxylation sites is 3. The third-order valence-electron chi connectivity index (χ3n) is 10.5. The maximum absolute atomic E-state index is 7.69. The molecule has 4 heteroatoms. The van der Waals surface area contributed by atoms with Crippen molar-refractivity contribution in [3.63, 3.8) is 0 Å². The van der Waals surface area contributed by atoms with Gasteiger partial charge >= 0.3 is 0 Å². The predicted molar refractivity (Wildman–Crippen MR) is 233 cm³/mol. The predicted octanol–water partition coefficient (Wildman–Crippen LogP) is 15.5. The first-order valence-corrected chi connectivity index (χ1v) is 18.9. The van der Waals surface area contributed by atoms with E-state index in [0.29, 0.717) is 5.02 Å². The van der Waals surface area contributed by atoms with Crippen LogP contribution in [0.15, 0.2) is 199 Å². The molecule has 1 heterocycles. The zero-order valence-electron chi connectivity index (χ0n) is 30.2. The smallest absolute Gasteiger partial charge is 0.137 e. The van der Waals surface area contributed by atoms with Gasteiger partial charge in [-0.15, -0.1) is 0 Å². The minimum atomic E-state index is 0.632. The monoisotopic (exact) mass is 726 g/mol. The third-order valence-corrected chi connectivity index (χ3v) is 10.9. The third kappa shape index (κ3) is 5.77. The minimum absolute atomic E-state index is 0.632. The number of halogens is 1. The molecule has 0 fully saturated rings. The van der Waals surface area contributed by atoms with Crippen molar-refractivity contribution < 1.29 is 4.42 Å². The molecule has 0 saturated heterocycles. The van der Waals surface area contributed by atoms with E-state index in [1.54, 1.807) is 0 Å². The number of nitrogens with zero attached hydrogens (tertiary/aromatic N) is 2. The van der Waals surface area contributed by atoms with E-state index in [1.165, 1.54) is 27.1 Å². The number of anilines is 6. The van der Waals surface area contributed by atoms with Crippen LogP contribution in [0.1, 0.15) is 5.56 Å². The van der Waals surface area contributed by atoms with Crippen molar-refractivity contribution in [2.24, 2.45) is 0 Å². The molecule has 0 bridgehead atoms. The second-order valence-electron chi connectivity index (χ2n) is 14.0. The van der Waals surface area contributed by atoms with Crippen molar-refractivity contribution in [2.75, 3.05) is 9.80 Å². The van der Waals surface area contributed by atoms with Crippen LogP contribution in [-0.4, -0.2) is 0 Å². The van der Waals surface area contributed by atoms with Crippen LogP contribution in [0.4, 0.5) is 34.1 Å². The molecular weight excluding hydrogens is 692 g/mol. The van der Waals surface area contributed by atoms with Gasteiger partial charge in [0.1, 0.15) is 11.2 Å². The van der Waals surface area contributed by atoms with E-state index in [2.05, 4.69) is 187 Å². The number of fused-ring (bicyclic) bond motifs is 6. The summed E-state index contributed by atoms with van der Waals surface area (Å²) < 4.78 is 6.43. The Balaban J connectivity index is 1.17. The lowest BCUT2D eigenvalue weighted by Gasteiger charge is -2.31. The molecule has 3 nitrogen and oxygen atoms in total. The maximum atomic E-state index is 7.69. The number of hydrogen-bond donors (Lipinski definition) is 0. The average molecular weight is 727 g/mol. The Kier molecular flexibility index (Phi) is 8.09. The zero-order valence-corrected chi connectivity index (χ0v) is 30.9. The van der Waals surface area contributed by atoms with E-state index in [0.717, 1.165) is 67.2 Å². The topological polar surface area (TPSA) is 19.6 Å². The summed E-state index contributed by atoms with van der Waals surface area (Å²) in [7, 11) is 0. The SMILES string of the molecule is Cc1cc(N(c2ccccc2)c2ccccc2)c(Cl)c(N(c2ccc(-c3cc4ccccc4c4ccccc34)cc2)c2ccc3c(c2)oc2ccccc23)c1. The Morgan fingerprint density at radius 3 is 1.60 bits per heavy atom. The fourth-order valence-corrected chi connectivity index (χ4v) is 8.28. The fraction of sp³-hybridized carbons (Fsp3) is 0.0196. The van der Waals surface area contributed by atoms with E-state index in [9.17, 15) is 0 Å². The number of furan rings is 1. The molecule has 10 rings (SSSR count). The highest BCUT2D eigenvalue weighted by Crippen LogP contribution is 2.48. The highest BCUT2D eigenvalue weighted by atomic mass is 35.5. The van der Waals surface area contributed by atoms with E-state index in [1.807, 2.05) is 24.3 Å².